The first-order valence-corrected chi connectivity index (χ1v) is 3.04. The second-order valence-electron chi connectivity index (χ2n) is 2.16. The molecule has 0 bridgehead atoms. The van der Waals surface area contributed by atoms with Crippen LogP contribution in [0.4, 0.5) is 0 Å². The van der Waals surface area contributed by atoms with Gasteiger partial charge in [0.25, 0.3) is 0 Å². The monoisotopic (exact) mass is 110 g/mol. The highest BCUT2D eigenvalue weighted by Crippen LogP contribution is 2.06. The van der Waals surface area contributed by atoms with Crippen molar-refractivity contribution < 1.29 is 0 Å². The van der Waals surface area contributed by atoms with Crippen molar-refractivity contribution in [2.45, 2.75) is 25.3 Å². The zero-order valence-electron chi connectivity index (χ0n) is 4.85. The lowest BCUT2D eigenvalue weighted by atomic mass is 10.2. The molecule has 1 fully saturated rings. The third kappa shape index (κ3) is 1.21. The van der Waals surface area contributed by atoms with Gasteiger partial charge in [-0.3, -0.25) is 0 Å². The molecule has 0 radical (unpaired) electrons. The van der Waals surface area contributed by atoms with Crippen molar-refractivity contribution in [2.75, 3.05) is 6.54 Å². The number of hydrogen-bond acceptors (Lipinski definition) is 2. The van der Waals surface area contributed by atoms with Gasteiger partial charge in [0.15, 0.2) is 0 Å². The molecule has 0 aromatic heterocycles. The Morgan fingerprint density at radius 1 is 1.75 bits per heavy atom. The van der Waals surface area contributed by atoms with Gasteiger partial charge in [0.2, 0.25) is 0 Å². The Morgan fingerprint density at radius 3 is 3.12 bits per heavy atom. The Kier molecular flexibility index (Phi) is 1.87. The third-order valence-corrected chi connectivity index (χ3v) is 1.50. The van der Waals surface area contributed by atoms with Gasteiger partial charge in [-0.05, 0) is 19.4 Å². The fourth-order valence-electron chi connectivity index (χ4n) is 1.04. The highest BCUT2D eigenvalue weighted by atomic mass is 14.9. The van der Waals surface area contributed by atoms with Gasteiger partial charge >= 0.3 is 0 Å². The molecule has 0 saturated carbocycles. The first-order valence-electron chi connectivity index (χ1n) is 3.04. The Labute approximate surface area is 49.5 Å². The molecular formula is C6H10N2. The van der Waals surface area contributed by atoms with Crippen LogP contribution < -0.4 is 5.32 Å². The van der Waals surface area contributed by atoms with Crippen LogP contribution in [0.25, 0.3) is 0 Å². The first-order chi connectivity index (χ1) is 3.93. The molecule has 2 heteroatoms. The van der Waals surface area contributed by atoms with Crippen LogP contribution in [0.3, 0.4) is 0 Å². The summed E-state index contributed by atoms with van der Waals surface area (Å²) in [7, 11) is 0. The molecule has 0 spiro atoms. The molecule has 2 nitrogen and oxygen atoms in total. The Hall–Kier alpha value is -0.550. The quantitative estimate of drug-likeness (QED) is 0.538. The molecule has 44 valence electrons. The highest BCUT2D eigenvalue weighted by molar-refractivity contribution is 4.83. The zero-order valence-corrected chi connectivity index (χ0v) is 4.85. The second kappa shape index (κ2) is 2.68. The molecule has 1 aliphatic heterocycles. The van der Waals surface area contributed by atoms with Gasteiger partial charge < -0.3 is 5.32 Å². The maximum absolute atomic E-state index is 8.24. The summed E-state index contributed by atoms with van der Waals surface area (Å²) < 4.78 is 0. The number of hydrogen-bond donors (Lipinski definition) is 1. The molecule has 0 aliphatic carbocycles. The summed E-state index contributed by atoms with van der Waals surface area (Å²) in [6, 6.07) is 2.65. The summed E-state index contributed by atoms with van der Waals surface area (Å²) in [6.45, 7) is 1.10. The van der Waals surface area contributed by atoms with Gasteiger partial charge in [0, 0.05) is 6.04 Å². The van der Waals surface area contributed by atoms with Crippen LogP contribution in [0, 0.1) is 11.3 Å². The summed E-state index contributed by atoms with van der Waals surface area (Å²) in [5.41, 5.74) is 0. The van der Waals surface area contributed by atoms with Crippen LogP contribution in [0.5, 0.6) is 0 Å². The summed E-state index contributed by atoms with van der Waals surface area (Å²) in [4.78, 5) is 0. The maximum Gasteiger partial charge on any atom is 0.0638 e. The van der Waals surface area contributed by atoms with Crippen molar-refractivity contribution in [3.63, 3.8) is 0 Å². The third-order valence-electron chi connectivity index (χ3n) is 1.50. The van der Waals surface area contributed by atoms with Crippen molar-refractivity contribution in [3.05, 3.63) is 0 Å². The fraction of sp³-hybridized carbons (Fsp3) is 0.833. The van der Waals surface area contributed by atoms with Crippen LogP contribution in [-0.4, -0.2) is 12.6 Å². The van der Waals surface area contributed by atoms with E-state index in [1.165, 1.54) is 12.8 Å². The number of nitrogens with zero attached hydrogens (tertiary/aromatic N) is 1. The zero-order chi connectivity index (χ0) is 5.82. The van der Waals surface area contributed by atoms with E-state index >= 15 is 0 Å². The molecule has 0 unspecified atom stereocenters. The van der Waals surface area contributed by atoms with Crippen LogP contribution >= 0.6 is 0 Å². The van der Waals surface area contributed by atoms with Crippen molar-refractivity contribution in [1.82, 2.24) is 5.32 Å². The van der Waals surface area contributed by atoms with Crippen molar-refractivity contribution >= 4 is 0 Å². The number of nitrogens with one attached hydrogen (secondary N) is 1. The van der Waals surface area contributed by atoms with E-state index in [1.54, 1.807) is 0 Å². The smallest absolute Gasteiger partial charge is 0.0638 e. The minimum Gasteiger partial charge on any atom is -0.313 e. The van der Waals surface area contributed by atoms with E-state index < -0.39 is 0 Å². The van der Waals surface area contributed by atoms with Crippen LogP contribution in [0.1, 0.15) is 19.3 Å². The van der Waals surface area contributed by atoms with E-state index in [9.17, 15) is 0 Å². The van der Waals surface area contributed by atoms with Gasteiger partial charge in [-0.15, -0.1) is 0 Å². The molecule has 0 aromatic rings. The molecule has 1 atom stereocenters. The molecule has 1 saturated heterocycles. The lowest BCUT2D eigenvalue weighted by molar-refractivity contribution is 0.620. The van der Waals surface area contributed by atoms with Crippen molar-refractivity contribution in [1.29, 1.82) is 5.26 Å². The molecule has 0 amide bonds. The molecule has 1 rings (SSSR count). The van der Waals surface area contributed by atoms with Gasteiger partial charge in [-0.25, -0.2) is 0 Å². The average Bonchev–Trinajstić information content (AvgIpc) is 2.19. The molecule has 1 heterocycles. The van der Waals surface area contributed by atoms with Gasteiger partial charge in [0.05, 0.1) is 12.5 Å². The summed E-state index contributed by atoms with van der Waals surface area (Å²) in [6.07, 6.45) is 3.11. The van der Waals surface area contributed by atoms with Crippen molar-refractivity contribution in [3.8, 4) is 6.07 Å². The predicted molar refractivity (Wildman–Crippen MR) is 31.3 cm³/mol. The summed E-state index contributed by atoms with van der Waals surface area (Å²) >= 11 is 0. The number of rotatable bonds is 1. The second-order valence-corrected chi connectivity index (χ2v) is 2.16. The molecule has 1 N–H and O–H groups in total. The van der Waals surface area contributed by atoms with E-state index in [-0.39, 0.29) is 0 Å². The van der Waals surface area contributed by atoms with Crippen molar-refractivity contribution in [2.24, 2.45) is 0 Å². The highest BCUT2D eigenvalue weighted by Gasteiger charge is 2.11. The minimum atomic E-state index is 0.500. The average molecular weight is 110 g/mol. The maximum atomic E-state index is 8.24. The minimum absolute atomic E-state index is 0.500. The lowest BCUT2D eigenvalue weighted by Crippen LogP contribution is -2.19. The van der Waals surface area contributed by atoms with E-state index in [1.807, 2.05) is 0 Å². The fourth-order valence-corrected chi connectivity index (χ4v) is 1.04. The number of nitriles is 1. The molecule has 8 heavy (non-hydrogen) atoms. The molecular weight excluding hydrogens is 100 g/mol. The van der Waals surface area contributed by atoms with E-state index in [2.05, 4.69) is 11.4 Å². The van der Waals surface area contributed by atoms with Crippen LogP contribution in [0.15, 0.2) is 0 Å². The van der Waals surface area contributed by atoms with Gasteiger partial charge in [-0.1, -0.05) is 0 Å². The lowest BCUT2D eigenvalue weighted by Gasteiger charge is -2.00. The SMILES string of the molecule is N#CC[C@H]1CCCN1. The van der Waals surface area contributed by atoms with Gasteiger partial charge in [-0.2, -0.15) is 5.26 Å². The Balaban J connectivity index is 2.17. The van der Waals surface area contributed by atoms with E-state index in [4.69, 9.17) is 5.26 Å². The molecule has 0 aromatic carbocycles. The van der Waals surface area contributed by atoms with E-state index in [0.717, 1.165) is 6.54 Å². The van der Waals surface area contributed by atoms with Gasteiger partial charge in [0.1, 0.15) is 0 Å². The Morgan fingerprint density at radius 2 is 2.62 bits per heavy atom. The topological polar surface area (TPSA) is 35.8 Å². The normalized spacial score (nSPS) is 27.6. The first kappa shape index (κ1) is 5.58. The summed E-state index contributed by atoms with van der Waals surface area (Å²) in [5, 5.41) is 11.5. The predicted octanol–water partition coefficient (Wildman–Crippen LogP) is 0.652. The summed E-state index contributed by atoms with van der Waals surface area (Å²) in [5.74, 6) is 0. The largest absolute Gasteiger partial charge is 0.313 e. The Bertz CT molecular complexity index is 97.6. The molecule has 1 aliphatic rings. The van der Waals surface area contributed by atoms with E-state index in [0.29, 0.717) is 12.5 Å². The van der Waals surface area contributed by atoms with Crippen LogP contribution in [0.2, 0.25) is 0 Å². The van der Waals surface area contributed by atoms with Crippen LogP contribution in [-0.2, 0) is 0 Å². The standard InChI is InChI=1S/C6H10N2/c7-4-3-6-2-1-5-8-6/h6,8H,1-3,5H2/t6-/m1/s1.